The van der Waals surface area contributed by atoms with E-state index in [4.69, 9.17) is 4.42 Å². The molecule has 1 atom stereocenters. The summed E-state index contributed by atoms with van der Waals surface area (Å²) in [6, 6.07) is 9.41. The fraction of sp³-hybridized carbons (Fsp3) is 0.250. The van der Waals surface area contributed by atoms with E-state index >= 15 is 0 Å². The molecule has 0 unspecified atom stereocenters. The highest BCUT2D eigenvalue weighted by atomic mass is 32.2. The molecule has 0 radical (unpaired) electrons. The summed E-state index contributed by atoms with van der Waals surface area (Å²) in [7, 11) is -3.12. The minimum atomic E-state index is -3.12. The van der Waals surface area contributed by atoms with E-state index in [1.807, 2.05) is 0 Å². The number of furan rings is 1. The maximum Gasteiger partial charge on any atom is 0.244 e. The van der Waals surface area contributed by atoms with E-state index in [1.54, 1.807) is 30.3 Å². The summed E-state index contributed by atoms with van der Waals surface area (Å²) in [6.07, 6.45) is 1.59. The first-order chi connectivity index (χ1) is 11.4. The monoisotopic (exact) mass is 350 g/mol. The Hall–Kier alpha value is -2.48. The van der Waals surface area contributed by atoms with Crippen molar-refractivity contribution in [3.63, 3.8) is 0 Å². The molecule has 1 aromatic carbocycles. The summed E-state index contributed by atoms with van der Waals surface area (Å²) in [6.45, 7) is 0. The maximum atomic E-state index is 13.7. The minimum Gasteiger partial charge on any atom is -0.455 e. The maximum absolute atomic E-state index is 13.7. The number of hydrogen-bond acceptors (Lipinski definition) is 5. The Balaban J connectivity index is 1.62. The molecule has 1 amide bonds. The van der Waals surface area contributed by atoms with Gasteiger partial charge >= 0.3 is 0 Å². The molecule has 1 saturated heterocycles. The summed E-state index contributed by atoms with van der Waals surface area (Å²) >= 11 is 0. The molecule has 2 heterocycles. The first-order valence-electron chi connectivity index (χ1n) is 7.33. The molecule has 1 aromatic heterocycles. The lowest BCUT2D eigenvalue weighted by molar-refractivity contribution is -0.124. The van der Waals surface area contributed by atoms with Crippen molar-refractivity contribution >= 4 is 22.0 Å². The number of benzene rings is 1. The molecule has 0 spiro atoms. The van der Waals surface area contributed by atoms with Gasteiger partial charge in [0.15, 0.2) is 9.84 Å². The Bertz CT molecular complexity index is 889. The van der Waals surface area contributed by atoms with Crippen molar-refractivity contribution in [1.82, 2.24) is 5.43 Å². The normalized spacial score (nSPS) is 19.6. The number of hydrogen-bond donors (Lipinski definition) is 1. The minimum absolute atomic E-state index is 0.0268. The molecule has 0 saturated carbocycles. The van der Waals surface area contributed by atoms with E-state index in [0.29, 0.717) is 23.5 Å². The standard InChI is InChI=1S/C16H15FN2O4S/c17-14-4-2-1-3-13(14)15-6-5-12(23-15)9-18-19-16(20)11-7-8-24(21,22)10-11/h1-6,9,11H,7-8,10H2,(H,19,20)/b18-9-/t11-/m1/s1. The van der Waals surface area contributed by atoms with Crippen LogP contribution in [0.15, 0.2) is 45.9 Å². The summed E-state index contributed by atoms with van der Waals surface area (Å²) in [4.78, 5) is 11.8. The number of amides is 1. The van der Waals surface area contributed by atoms with Gasteiger partial charge in [0, 0.05) is 0 Å². The Morgan fingerprint density at radius 3 is 2.79 bits per heavy atom. The van der Waals surface area contributed by atoms with Crippen LogP contribution in [0.4, 0.5) is 4.39 Å². The van der Waals surface area contributed by atoms with E-state index in [2.05, 4.69) is 10.5 Å². The first-order valence-corrected chi connectivity index (χ1v) is 9.15. The van der Waals surface area contributed by atoms with Gasteiger partial charge in [0.2, 0.25) is 5.91 Å². The van der Waals surface area contributed by atoms with Gasteiger partial charge < -0.3 is 4.42 Å². The van der Waals surface area contributed by atoms with E-state index in [0.717, 1.165) is 0 Å². The first kappa shape index (κ1) is 16.4. The van der Waals surface area contributed by atoms with Crippen molar-refractivity contribution < 1.29 is 22.0 Å². The molecule has 1 aliphatic heterocycles. The molecule has 1 aliphatic rings. The molecule has 8 heteroatoms. The highest BCUT2D eigenvalue weighted by Crippen LogP contribution is 2.24. The molecule has 126 valence electrons. The van der Waals surface area contributed by atoms with Crippen LogP contribution < -0.4 is 5.43 Å². The van der Waals surface area contributed by atoms with E-state index in [9.17, 15) is 17.6 Å². The van der Waals surface area contributed by atoms with Crippen molar-refractivity contribution in [3.05, 3.63) is 48.0 Å². The van der Waals surface area contributed by atoms with Crippen molar-refractivity contribution in [2.24, 2.45) is 11.0 Å². The van der Waals surface area contributed by atoms with Gasteiger partial charge in [-0.2, -0.15) is 5.10 Å². The van der Waals surface area contributed by atoms with Gasteiger partial charge in [-0.1, -0.05) is 12.1 Å². The lowest BCUT2D eigenvalue weighted by atomic mass is 10.1. The topological polar surface area (TPSA) is 88.7 Å². The number of halogens is 1. The summed E-state index contributed by atoms with van der Waals surface area (Å²) < 4.78 is 41.8. The predicted molar refractivity (Wildman–Crippen MR) is 86.6 cm³/mol. The Kier molecular flexibility index (Phi) is 4.48. The Labute approximate surface area is 138 Å². The van der Waals surface area contributed by atoms with Gasteiger partial charge in [-0.3, -0.25) is 4.79 Å². The van der Waals surface area contributed by atoms with E-state index < -0.39 is 27.5 Å². The van der Waals surface area contributed by atoms with Crippen LogP contribution in [-0.4, -0.2) is 32.0 Å². The number of sulfone groups is 1. The third kappa shape index (κ3) is 3.70. The zero-order valence-electron chi connectivity index (χ0n) is 12.6. The largest absolute Gasteiger partial charge is 0.455 e. The zero-order chi connectivity index (χ0) is 17.2. The van der Waals surface area contributed by atoms with Gasteiger partial charge in [-0.15, -0.1) is 0 Å². The number of nitrogens with one attached hydrogen (secondary N) is 1. The average Bonchev–Trinajstić information content (AvgIpc) is 3.14. The number of carbonyl (C=O) groups excluding carboxylic acids is 1. The fourth-order valence-corrected chi connectivity index (χ4v) is 4.22. The van der Waals surface area contributed by atoms with E-state index in [-0.39, 0.29) is 11.5 Å². The lowest BCUT2D eigenvalue weighted by Gasteiger charge is -2.04. The van der Waals surface area contributed by atoms with Crippen LogP contribution in [0.2, 0.25) is 0 Å². The second-order valence-corrected chi connectivity index (χ2v) is 7.74. The molecule has 2 aromatic rings. The zero-order valence-corrected chi connectivity index (χ0v) is 13.4. The Morgan fingerprint density at radius 1 is 1.29 bits per heavy atom. The van der Waals surface area contributed by atoms with Gasteiger partial charge in [0.1, 0.15) is 17.3 Å². The van der Waals surface area contributed by atoms with Crippen molar-refractivity contribution in [1.29, 1.82) is 0 Å². The average molecular weight is 350 g/mol. The van der Waals surface area contributed by atoms with Crippen LogP contribution in [0.5, 0.6) is 0 Å². The fourth-order valence-electron chi connectivity index (χ4n) is 2.48. The van der Waals surface area contributed by atoms with Gasteiger partial charge in [-0.25, -0.2) is 18.2 Å². The highest BCUT2D eigenvalue weighted by molar-refractivity contribution is 7.91. The molecular weight excluding hydrogens is 335 g/mol. The quantitative estimate of drug-likeness (QED) is 0.674. The molecule has 0 bridgehead atoms. The molecular formula is C16H15FN2O4S. The highest BCUT2D eigenvalue weighted by Gasteiger charge is 2.32. The summed E-state index contributed by atoms with van der Waals surface area (Å²) in [5.74, 6) is -0.835. The van der Waals surface area contributed by atoms with Gasteiger partial charge in [-0.05, 0) is 30.7 Å². The number of rotatable bonds is 4. The van der Waals surface area contributed by atoms with Crippen LogP contribution in [0.3, 0.4) is 0 Å². The molecule has 3 rings (SSSR count). The third-order valence-electron chi connectivity index (χ3n) is 3.74. The van der Waals surface area contributed by atoms with Crippen LogP contribution >= 0.6 is 0 Å². The number of hydrazone groups is 1. The summed E-state index contributed by atoms with van der Waals surface area (Å²) in [5, 5.41) is 3.76. The smallest absolute Gasteiger partial charge is 0.244 e. The SMILES string of the molecule is O=C(N/N=C\c1ccc(-c2ccccc2F)o1)[C@@H]1CCS(=O)(=O)C1. The second-order valence-electron chi connectivity index (χ2n) is 5.52. The van der Waals surface area contributed by atoms with Crippen LogP contribution in [0.25, 0.3) is 11.3 Å². The van der Waals surface area contributed by atoms with E-state index in [1.165, 1.54) is 12.3 Å². The van der Waals surface area contributed by atoms with Crippen molar-refractivity contribution in [2.75, 3.05) is 11.5 Å². The lowest BCUT2D eigenvalue weighted by Crippen LogP contribution is -2.27. The molecule has 0 aliphatic carbocycles. The van der Waals surface area contributed by atoms with Crippen LogP contribution in [-0.2, 0) is 14.6 Å². The van der Waals surface area contributed by atoms with Crippen molar-refractivity contribution in [3.8, 4) is 11.3 Å². The molecule has 24 heavy (non-hydrogen) atoms. The molecule has 1 N–H and O–H groups in total. The van der Waals surface area contributed by atoms with Gasteiger partial charge in [0.05, 0.1) is 29.2 Å². The second kappa shape index (κ2) is 6.56. The molecule has 6 nitrogen and oxygen atoms in total. The van der Waals surface area contributed by atoms with Crippen molar-refractivity contribution in [2.45, 2.75) is 6.42 Å². The molecule has 1 fully saturated rings. The third-order valence-corrected chi connectivity index (χ3v) is 5.50. The summed E-state index contributed by atoms with van der Waals surface area (Å²) in [5.41, 5.74) is 2.63. The number of nitrogens with zero attached hydrogens (tertiary/aromatic N) is 1. The Morgan fingerprint density at radius 2 is 2.08 bits per heavy atom. The van der Waals surface area contributed by atoms with Crippen LogP contribution in [0.1, 0.15) is 12.2 Å². The predicted octanol–water partition coefficient (Wildman–Crippen LogP) is 1.97. The van der Waals surface area contributed by atoms with Crippen LogP contribution in [0, 0.1) is 11.7 Å². The van der Waals surface area contributed by atoms with Gasteiger partial charge in [0.25, 0.3) is 0 Å². The number of carbonyl (C=O) groups is 1.